The zero-order chi connectivity index (χ0) is 95.7. The van der Waals surface area contributed by atoms with Crippen molar-refractivity contribution >= 4 is 140 Å². The molecule has 0 saturated heterocycles. The summed E-state index contributed by atoms with van der Waals surface area (Å²) in [5.41, 5.74) is 33.7. The van der Waals surface area contributed by atoms with Gasteiger partial charge in [-0.1, -0.05) is 71.4 Å². The Morgan fingerprint density at radius 2 is 0.733 bits per heavy atom. The fraction of sp³-hybridized carbons (Fsp3) is 0.402. The van der Waals surface area contributed by atoms with Crippen LogP contribution in [0.5, 0.6) is 28.7 Å². The molecule has 5 aromatic carbocycles. The van der Waals surface area contributed by atoms with E-state index in [-0.39, 0.29) is 152 Å². The molecular weight excluding hydrogens is 1830 g/mol. The number of amides is 4. The van der Waals surface area contributed by atoms with E-state index in [0.717, 1.165) is 40.2 Å². The Bertz CT molecular complexity index is 6430. The molecule has 8 heterocycles. The van der Waals surface area contributed by atoms with Gasteiger partial charge >= 0.3 is 0 Å². The zero-order valence-electron chi connectivity index (χ0n) is 80.3. The van der Waals surface area contributed by atoms with Crippen LogP contribution in [0.25, 0.3) is 22.1 Å². The minimum absolute atomic E-state index is 0. The summed E-state index contributed by atoms with van der Waals surface area (Å²) >= 11 is 6.34. The number of rotatable bonds is 26. The molecule has 1 fully saturated rings. The molecule has 1 saturated carbocycles. The number of benzene rings is 5. The lowest BCUT2D eigenvalue weighted by molar-refractivity contribution is 0.0932. The molecule has 135 heavy (non-hydrogen) atoms. The first-order chi connectivity index (χ1) is 62.1. The average Bonchev–Trinajstić information content (AvgIpc) is 1.68. The van der Waals surface area contributed by atoms with Crippen molar-refractivity contribution in [2.45, 2.75) is 225 Å². The van der Waals surface area contributed by atoms with E-state index in [9.17, 15) is 23.6 Å². The minimum Gasteiger partial charge on any atom is -0.497 e. The highest BCUT2D eigenvalue weighted by atomic mass is 35.5. The van der Waals surface area contributed by atoms with Crippen LogP contribution in [0, 0.1) is 77.7 Å². The average molecular weight is 1960 g/mol. The van der Waals surface area contributed by atoms with Gasteiger partial charge in [0.25, 0.3) is 23.6 Å². The van der Waals surface area contributed by atoms with E-state index >= 15 is 13.2 Å². The number of nitrogens with two attached hydrogens (primary N) is 4. The normalized spacial score (nSPS) is 12.8. The lowest BCUT2D eigenvalue weighted by atomic mass is 9.87. The maximum Gasteiger partial charge on any atom is 0.262 e. The van der Waals surface area contributed by atoms with Crippen molar-refractivity contribution in [2.75, 3.05) is 55.5 Å². The number of ether oxygens (including phenoxy) is 5. The summed E-state index contributed by atoms with van der Waals surface area (Å²) in [6.45, 7) is 37.5. The molecular formula is C97H127ClF4N20O9S4. The predicted molar refractivity (Wildman–Crippen MR) is 544 cm³/mol. The maximum atomic E-state index is 15.5. The van der Waals surface area contributed by atoms with Crippen molar-refractivity contribution in [3.05, 3.63) is 234 Å². The van der Waals surface area contributed by atoms with E-state index in [0.29, 0.717) is 127 Å². The van der Waals surface area contributed by atoms with E-state index in [4.69, 9.17) is 73.2 Å². The summed E-state index contributed by atoms with van der Waals surface area (Å²) in [4.78, 5) is 87.4. The Kier molecular flexibility index (Phi) is 38.7. The highest BCUT2D eigenvalue weighted by Crippen LogP contribution is 2.45. The van der Waals surface area contributed by atoms with Crippen LogP contribution in [0.2, 0.25) is 5.02 Å². The van der Waals surface area contributed by atoms with Crippen molar-refractivity contribution in [3.63, 3.8) is 0 Å². The second-order valence-corrected chi connectivity index (χ2v) is 34.3. The lowest BCUT2D eigenvalue weighted by Gasteiger charge is -2.23. The van der Waals surface area contributed by atoms with Crippen molar-refractivity contribution in [1.29, 1.82) is 0 Å². The van der Waals surface area contributed by atoms with Gasteiger partial charge in [-0.25, -0.2) is 57.4 Å². The van der Waals surface area contributed by atoms with Crippen LogP contribution in [0.1, 0.15) is 279 Å². The lowest BCUT2D eigenvalue weighted by Crippen LogP contribution is -2.29. The molecule has 728 valence electrons. The van der Waals surface area contributed by atoms with Crippen LogP contribution in [-0.2, 0) is 0 Å². The molecule has 29 nitrogen and oxygen atoms in total. The van der Waals surface area contributed by atoms with Gasteiger partial charge in [-0.2, -0.15) is 54.0 Å². The summed E-state index contributed by atoms with van der Waals surface area (Å²) in [6, 6.07) is 13.5. The molecule has 4 atom stereocenters. The molecule has 0 aliphatic heterocycles. The molecule has 38 heteroatoms. The third kappa shape index (κ3) is 24.0. The SMILES string of the molecule is CCNC(=O)c1c(F)c(C)cc([C@H](C)c2nc(C)c3c(N)nccn23)c1OC(C)C.CNC(=O)c1c(F)c(C)cc([C@H](C)c2nc(C)c3c(N)nccn23)c1OC(C)C.COc1ccc(NC(=O)c2c(F)c(C)cc([C@H](C)c3nc(C)c4c(N)nccn34)c2OC(C)C)cc1.Cc1nc([C@@H](C)c2cc(Cl)c(F)c(C(=O)NCCC3CCCCC3)c2OC(C)C)n2ccnc(N)c12.S.S.S.S. The summed E-state index contributed by atoms with van der Waals surface area (Å²) in [7, 11) is 3.02. The molecule has 0 bridgehead atoms. The van der Waals surface area contributed by atoms with E-state index in [1.165, 1.54) is 45.2 Å². The third-order valence-electron chi connectivity index (χ3n) is 22.8. The van der Waals surface area contributed by atoms with E-state index in [1.807, 2.05) is 128 Å². The Hall–Kier alpha value is -11.9. The molecule has 13 aromatic rings. The molecule has 4 amide bonds. The van der Waals surface area contributed by atoms with Crippen LogP contribution < -0.4 is 67.9 Å². The smallest absolute Gasteiger partial charge is 0.262 e. The first-order valence-electron chi connectivity index (χ1n) is 43.9. The summed E-state index contributed by atoms with van der Waals surface area (Å²) < 4.78 is 97.7. The second-order valence-electron chi connectivity index (χ2n) is 33.9. The number of nitrogen functional groups attached to an aromatic ring is 4. The van der Waals surface area contributed by atoms with Crippen molar-refractivity contribution in [2.24, 2.45) is 5.92 Å². The highest BCUT2D eigenvalue weighted by molar-refractivity contribution is 7.59. The molecule has 14 rings (SSSR count). The van der Waals surface area contributed by atoms with Gasteiger partial charge in [-0.3, -0.25) is 36.8 Å². The zero-order valence-corrected chi connectivity index (χ0v) is 85.1. The molecule has 12 N–H and O–H groups in total. The number of nitrogens with zero attached hydrogens (tertiary/aromatic N) is 12. The number of carbonyl (C=O) groups is 4. The van der Waals surface area contributed by atoms with E-state index in [2.05, 4.69) is 46.2 Å². The number of imidazole rings is 4. The Morgan fingerprint density at radius 1 is 0.437 bits per heavy atom. The predicted octanol–water partition coefficient (Wildman–Crippen LogP) is 18.9. The Labute approximate surface area is 817 Å². The van der Waals surface area contributed by atoms with Gasteiger partial charge in [0.2, 0.25) is 0 Å². The van der Waals surface area contributed by atoms with Crippen molar-refractivity contribution < 1.29 is 60.4 Å². The number of aryl methyl sites for hydroxylation is 7. The summed E-state index contributed by atoms with van der Waals surface area (Å²) in [5, 5.41) is 10.7. The van der Waals surface area contributed by atoms with Gasteiger partial charge in [0.1, 0.15) is 137 Å². The number of nitrogens with one attached hydrogen (secondary N) is 4. The van der Waals surface area contributed by atoms with Gasteiger partial charge in [0.05, 0.1) is 59.3 Å². The number of fused-ring (bicyclic) bond motifs is 4. The van der Waals surface area contributed by atoms with Gasteiger partial charge in [0, 0.05) is 121 Å². The largest absolute Gasteiger partial charge is 0.497 e. The van der Waals surface area contributed by atoms with Crippen LogP contribution in [0.3, 0.4) is 0 Å². The number of hydrogen-bond acceptors (Lipinski definition) is 21. The van der Waals surface area contributed by atoms with E-state index < -0.39 is 46.9 Å². The fourth-order valence-corrected chi connectivity index (χ4v) is 16.8. The van der Waals surface area contributed by atoms with E-state index in [1.54, 1.807) is 127 Å². The number of anilines is 5. The van der Waals surface area contributed by atoms with Crippen molar-refractivity contribution in [3.8, 4) is 28.7 Å². The summed E-state index contributed by atoms with van der Waals surface area (Å²) in [6.07, 6.45) is 19.5. The van der Waals surface area contributed by atoms with Crippen molar-refractivity contribution in [1.82, 2.24) is 73.4 Å². The fourth-order valence-electron chi connectivity index (χ4n) is 16.6. The highest BCUT2D eigenvalue weighted by Gasteiger charge is 2.36. The van der Waals surface area contributed by atoms with Crippen LogP contribution >= 0.6 is 65.6 Å². The van der Waals surface area contributed by atoms with Gasteiger partial charge in [0.15, 0.2) is 5.82 Å². The van der Waals surface area contributed by atoms with Gasteiger partial charge < -0.3 is 67.9 Å². The first-order valence-corrected chi connectivity index (χ1v) is 44.3. The van der Waals surface area contributed by atoms with Gasteiger partial charge in [-0.05, 0) is 188 Å². The number of methoxy groups -OCH3 is 1. The Balaban J connectivity index is 0.000000244. The quantitative estimate of drug-likeness (QED) is 0.0233. The molecule has 1 aliphatic rings. The third-order valence-corrected chi connectivity index (χ3v) is 23.1. The maximum absolute atomic E-state index is 15.5. The molecule has 1 aliphatic carbocycles. The number of aromatic nitrogens is 12. The molecule has 8 aromatic heterocycles. The van der Waals surface area contributed by atoms with Gasteiger partial charge in [-0.15, -0.1) is 0 Å². The minimum atomic E-state index is -0.781. The topological polar surface area (TPSA) is 387 Å². The second kappa shape index (κ2) is 47.5. The van der Waals surface area contributed by atoms with Crippen LogP contribution in [-0.4, -0.2) is 133 Å². The summed E-state index contributed by atoms with van der Waals surface area (Å²) in [5.74, 6) is 0.273. The molecule has 0 radical (unpaired) electrons. The standard InChI is InChI=1S/C27H35ClFN5O2.C27H30FN5O3.C22H28FN5O2.C21H26FN5O2.4H2S/c1-15(2)36-24-19(16(3)26-33-17(4)23-25(30)31-12-13-34(23)26)14-20(28)22(29)21(24)27(35)32-11-10-18-8-6-5-7-9-18;1-14(2)36-24-20(16(4)26-31-17(5)23-25(29)30-11-12-33(23)26)13-15(3)22(28)21(24)27(34)32-18-7-9-19(35-6)10-8-18;1-7-25-22(29)16-17(23)12(4)10-15(19(16)30-11(2)3)13(5)21-27-14(6)18-20(24)26-8-9-28(18)21;1-10(2)29-18-14(9-11(3)16(22)15(18)21(28)24-6)12(4)20-26-13(5)17-19(23)25-7-8-27(17)20;;;;/h12-16,18H,5-11H2,1-4H3,(H2,30,31)(H,32,35);7-14,16H,1-6H3,(H2,29,30)(H,32,34);8-11,13H,7H2,1-6H3,(H2,24,26)(H,25,29);7-10,12H,1-6H3,(H2,23,25)(H,24,28);4*1H2/t2*16-;13-;12-;;;;/m0000..../s1. The van der Waals surface area contributed by atoms with Crippen LogP contribution in [0.15, 0.2) is 98.1 Å². The molecule has 0 spiro atoms. The number of halogens is 5. The molecule has 0 unspecified atom stereocenters. The number of hydrogen-bond donors (Lipinski definition) is 8. The Morgan fingerprint density at radius 3 is 1.04 bits per heavy atom. The van der Waals surface area contributed by atoms with Crippen LogP contribution in [0.4, 0.5) is 46.5 Å². The first kappa shape index (κ1) is 110. The number of carbonyl (C=O) groups excluding carboxylic acids is 4. The monoisotopic (exact) mass is 1950 g/mol.